The Morgan fingerprint density at radius 1 is 1.50 bits per heavy atom. The van der Waals surface area contributed by atoms with Crippen LogP contribution in [0.5, 0.6) is 0 Å². The molecular weight excluding hydrogens is 225 g/mol. The second kappa shape index (κ2) is 4.84. The van der Waals surface area contributed by atoms with Crippen LogP contribution in [0.4, 0.5) is 13.2 Å². The van der Waals surface area contributed by atoms with E-state index in [1.54, 1.807) is 6.92 Å². The van der Waals surface area contributed by atoms with E-state index in [-0.39, 0.29) is 19.4 Å². The minimum atomic E-state index is -4.34. The lowest BCUT2D eigenvalue weighted by atomic mass is 9.80. The SMILES string of the molecule is CCOC(=O)[C@H]1C[C@@H](C(F)(F)F)CCC1=O. The molecule has 6 heteroatoms. The third-order valence-corrected chi connectivity index (χ3v) is 2.68. The Balaban J connectivity index is 2.69. The summed E-state index contributed by atoms with van der Waals surface area (Å²) in [5.74, 6) is -4.08. The molecule has 0 spiro atoms. The maximum absolute atomic E-state index is 12.4. The normalized spacial score (nSPS) is 26.6. The third-order valence-electron chi connectivity index (χ3n) is 2.68. The van der Waals surface area contributed by atoms with Crippen LogP contribution < -0.4 is 0 Å². The first-order chi connectivity index (χ1) is 7.36. The molecule has 1 aliphatic rings. The van der Waals surface area contributed by atoms with Crippen molar-refractivity contribution in [1.29, 1.82) is 0 Å². The average Bonchev–Trinajstić information content (AvgIpc) is 2.16. The molecule has 3 nitrogen and oxygen atoms in total. The summed E-state index contributed by atoms with van der Waals surface area (Å²) in [6.07, 6.45) is -5.24. The Hall–Kier alpha value is -1.07. The molecule has 0 aromatic heterocycles. The Morgan fingerprint density at radius 3 is 2.62 bits per heavy atom. The number of esters is 1. The Labute approximate surface area is 91.0 Å². The van der Waals surface area contributed by atoms with E-state index in [2.05, 4.69) is 4.74 Å². The highest BCUT2D eigenvalue weighted by atomic mass is 19.4. The van der Waals surface area contributed by atoms with Gasteiger partial charge in [-0.3, -0.25) is 9.59 Å². The molecule has 0 N–H and O–H groups in total. The van der Waals surface area contributed by atoms with Gasteiger partial charge in [-0.2, -0.15) is 13.2 Å². The summed E-state index contributed by atoms with van der Waals surface area (Å²) in [6.45, 7) is 1.62. The Morgan fingerprint density at radius 2 is 2.12 bits per heavy atom. The van der Waals surface area contributed by atoms with E-state index < -0.39 is 36.2 Å². The van der Waals surface area contributed by atoms with Crippen molar-refractivity contribution in [3.8, 4) is 0 Å². The molecule has 2 atom stereocenters. The number of hydrogen-bond donors (Lipinski definition) is 0. The number of carbonyl (C=O) groups excluding carboxylic acids is 2. The molecule has 0 bridgehead atoms. The van der Waals surface area contributed by atoms with Crippen LogP contribution in [0.1, 0.15) is 26.2 Å². The molecule has 0 aliphatic heterocycles. The van der Waals surface area contributed by atoms with Crippen molar-refractivity contribution in [2.75, 3.05) is 6.61 Å². The summed E-state index contributed by atoms with van der Waals surface area (Å²) in [6, 6.07) is 0. The van der Waals surface area contributed by atoms with E-state index in [4.69, 9.17) is 0 Å². The lowest BCUT2D eigenvalue weighted by Gasteiger charge is -2.28. The molecule has 16 heavy (non-hydrogen) atoms. The number of alkyl halides is 3. The van der Waals surface area contributed by atoms with Crippen molar-refractivity contribution in [2.45, 2.75) is 32.4 Å². The average molecular weight is 238 g/mol. The molecule has 0 aromatic rings. The van der Waals surface area contributed by atoms with Crippen LogP contribution in [0, 0.1) is 11.8 Å². The summed E-state index contributed by atoms with van der Waals surface area (Å²) in [7, 11) is 0. The molecule has 1 saturated carbocycles. The lowest BCUT2D eigenvalue weighted by molar-refractivity contribution is -0.189. The first-order valence-electron chi connectivity index (χ1n) is 5.12. The van der Waals surface area contributed by atoms with Gasteiger partial charge in [-0.15, -0.1) is 0 Å². The highest BCUT2D eigenvalue weighted by molar-refractivity contribution is 5.99. The molecule has 0 heterocycles. The van der Waals surface area contributed by atoms with Crippen LogP contribution in [0.15, 0.2) is 0 Å². The standard InChI is InChI=1S/C10H13F3O3/c1-2-16-9(15)7-5-6(10(11,12)13)3-4-8(7)14/h6-7H,2-5H2,1H3/t6-,7-/m0/s1. The second-order valence-corrected chi connectivity index (χ2v) is 3.78. The van der Waals surface area contributed by atoms with Gasteiger partial charge in [-0.1, -0.05) is 0 Å². The van der Waals surface area contributed by atoms with Crippen LogP contribution in [0.3, 0.4) is 0 Å². The number of Topliss-reactive ketones (excluding diaryl/α,β-unsaturated/α-hetero) is 1. The predicted octanol–water partition coefficient (Wildman–Crippen LogP) is 2.10. The summed E-state index contributed by atoms with van der Waals surface area (Å²) in [4.78, 5) is 22.6. The predicted molar refractivity (Wildman–Crippen MR) is 48.5 cm³/mol. The van der Waals surface area contributed by atoms with E-state index in [1.807, 2.05) is 0 Å². The molecule has 0 amide bonds. The first kappa shape index (κ1) is 13.0. The summed E-state index contributed by atoms with van der Waals surface area (Å²) < 4.78 is 41.9. The maximum Gasteiger partial charge on any atom is 0.391 e. The molecule has 1 aliphatic carbocycles. The minimum Gasteiger partial charge on any atom is -0.465 e. The van der Waals surface area contributed by atoms with Gasteiger partial charge in [0, 0.05) is 6.42 Å². The fraction of sp³-hybridized carbons (Fsp3) is 0.800. The van der Waals surface area contributed by atoms with Crippen molar-refractivity contribution in [3.63, 3.8) is 0 Å². The zero-order chi connectivity index (χ0) is 12.3. The molecule has 0 saturated heterocycles. The molecular formula is C10H13F3O3. The minimum absolute atomic E-state index is 0.0687. The smallest absolute Gasteiger partial charge is 0.391 e. The van der Waals surface area contributed by atoms with Gasteiger partial charge in [0.25, 0.3) is 0 Å². The molecule has 0 radical (unpaired) electrons. The van der Waals surface area contributed by atoms with Crippen molar-refractivity contribution in [1.82, 2.24) is 0 Å². The van der Waals surface area contributed by atoms with Crippen LogP contribution in [0.2, 0.25) is 0 Å². The van der Waals surface area contributed by atoms with Crippen LogP contribution in [0.25, 0.3) is 0 Å². The van der Waals surface area contributed by atoms with Crippen molar-refractivity contribution in [3.05, 3.63) is 0 Å². The van der Waals surface area contributed by atoms with Gasteiger partial charge in [0.05, 0.1) is 12.5 Å². The van der Waals surface area contributed by atoms with Crippen LogP contribution >= 0.6 is 0 Å². The number of rotatable bonds is 2. The van der Waals surface area contributed by atoms with Gasteiger partial charge in [-0.25, -0.2) is 0 Å². The van der Waals surface area contributed by atoms with Gasteiger partial charge in [0.1, 0.15) is 11.7 Å². The molecule has 92 valence electrons. The van der Waals surface area contributed by atoms with E-state index in [0.717, 1.165) is 0 Å². The monoisotopic (exact) mass is 238 g/mol. The molecule has 1 rings (SSSR count). The number of halogens is 3. The Bertz CT molecular complexity index is 286. The summed E-state index contributed by atoms with van der Waals surface area (Å²) in [5.41, 5.74) is 0. The molecule has 0 unspecified atom stereocenters. The third kappa shape index (κ3) is 2.96. The van der Waals surface area contributed by atoms with Gasteiger partial charge >= 0.3 is 12.1 Å². The van der Waals surface area contributed by atoms with Crippen LogP contribution in [-0.4, -0.2) is 24.5 Å². The topological polar surface area (TPSA) is 43.4 Å². The first-order valence-corrected chi connectivity index (χ1v) is 5.12. The quantitative estimate of drug-likeness (QED) is 0.546. The van der Waals surface area contributed by atoms with E-state index in [9.17, 15) is 22.8 Å². The molecule has 1 fully saturated rings. The van der Waals surface area contributed by atoms with E-state index in [0.29, 0.717) is 0 Å². The number of hydrogen-bond acceptors (Lipinski definition) is 3. The largest absolute Gasteiger partial charge is 0.465 e. The number of ether oxygens (including phenoxy) is 1. The zero-order valence-electron chi connectivity index (χ0n) is 8.84. The summed E-state index contributed by atoms with van der Waals surface area (Å²) in [5, 5.41) is 0. The van der Waals surface area contributed by atoms with Gasteiger partial charge < -0.3 is 4.74 Å². The maximum atomic E-state index is 12.4. The highest BCUT2D eigenvalue weighted by Gasteiger charge is 2.46. The van der Waals surface area contributed by atoms with E-state index >= 15 is 0 Å². The van der Waals surface area contributed by atoms with Crippen molar-refractivity contribution in [2.24, 2.45) is 11.8 Å². The van der Waals surface area contributed by atoms with Crippen molar-refractivity contribution >= 4 is 11.8 Å². The number of carbonyl (C=O) groups is 2. The highest BCUT2D eigenvalue weighted by Crippen LogP contribution is 2.38. The second-order valence-electron chi connectivity index (χ2n) is 3.78. The van der Waals surface area contributed by atoms with E-state index in [1.165, 1.54) is 0 Å². The summed E-state index contributed by atoms with van der Waals surface area (Å²) >= 11 is 0. The van der Waals surface area contributed by atoms with Crippen molar-refractivity contribution < 1.29 is 27.5 Å². The van der Waals surface area contributed by atoms with Gasteiger partial charge in [0.2, 0.25) is 0 Å². The van der Waals surface area contributed by atoms with Gasteiger partial charge in [0.15, 0.2) is 0 Å². The fourth-order valence-corrected chi connectivity index (χ4v) is 1.79. The molecule has 0 aromatic carbocycles. The van der Waals surface area contributed by atoms with Gasteiger partial charge in [-0.05, 0) is 19.8 Å². The Kier molecular flexibility index (Phi) is 3.93. The van der Waals surface area contributed by atoms with Crippen LogP contribution in [-0.2, 0) is 14.3 Å². The zero-order valence-corrected chi connectivity index (χ0v) is 8.84. The fourth-order valence-electron chi connectivity index (χ4n) is 1.79. The number of ketones is 1. The lowest BCUT2D eigenvalue weighted by Crippen LogP contribution is -2.37.